The highest BCUT2D eigenvalue weighted by Crippen LogP contribution is 2.37. The number of hydrogen-bond acceptors (Lipinski definition) is 3. The first-order valence-corrected chi connectivity index (χ1v) is 7.50. The van der Waals surface area contributed by atoms with Gasteiger partial charge < -0.3 is 14.4 Å². The van der Waals surface area contributed by atoms with Gasteiger partial charge in [0.1, 0.15) is 5.75 Å². The molecule has 1 unspecified atom stereocenters. The Balaban J connectivity index is 1.81. The Morgan fingerprint density at radius 2 is 2.30 bits per heavy atom. The lowest BCUT2D eigenvalue weighted by atomic mass is 10.1. The summed E-state index contributed by atoms with van der Waals surface area (Å²) in [5.74, 6) is 0.797. The van der Waals surface area contributed by atoms with Crippen LogP contribution in [0.3, 0.4) is 0 Å². The number of aliphatic hydroxyl groups is 1. The van der Waals surface area contributed by atoms with E-state index in [9.17, 15) is 5.11 Å². The van der Waals surface area contributed by atoms with Crippen LogP contribution in [-0.4, -0.2) is 21.8 Å². The van der Waals surface area contributed by atoms with Gasteiger partial charge in [-0.15, -0.1) is 0 Å². The predicted molar refractivity (Wildman–Crippen MR) is 79.9 cm³/mol. The first-order valence-electron chi connectivity index (χ1n) is 6.71. The first kappa shape index (κ1) is 13.6. The lowest BCUT2D eigenvalue weighted by Gasteiger charge is -2.15. The van der Waals surface area contributed by atoms with Crippen molar-refractivity contribution in [1.29, 1.82) is 0 Å². The van der Waals surface area contributed by atoms with E-state index in [0.717, 1.165) is 21.5 Å². The number of aliphatic hydroxyl groups excluding tert-OH is 1. The summed E-state index contributed by atoms with van der Waals surface area (Å²) < 4.78 is 8.31. The fraction of sp³-hybridized carbons (Fsp3) is 0.400. The molecule has 1 saturated carbocycles. The third kappa shape index (κ3) is 2.74. The highest BCUT2D eigenvalue weighted by Gasteiger charge is 2.27. The van der Waals surface area contributed by atoms with Crippen molar-refractivity contribution in [2.24, 2.45) is 0 Å². The van der Waals surface area contributed by atoms with E-state index in [1.807, 2.05) is 24.5 Å². The highest BCUT2D eigenvalue weighted by molar-refractivity contribution is 9.10. The van der Waals surface area contributed by atoms with Crippen molar-refractivity contribution in [3.05, 3.63) is 46.5 Å². The van der Waals surface area contributed by atoms with Crippen LogP contribution in [-0.2, 0) is 6.42 Å². The van der Waals surface area contributed by atoms with Crippen LogP contribution in [0.25, 0.3) is 0 Å². The topological polar surface area (TPSA) is 47.3 Å². The number of hydrogen-bond donors (Lipinski definition) is 1. The summed E-state index contributed by atoms with van der Waals surface area (Å²) in [5, 5.41) is 10.5. The van der Waals surface area contributed by atoms with E-state index in [2.05, 4.69) is 25.5 Å². The summed E-state index contributed by atoms with van der Waals surface area (Å²) >= 11 is 3.52. The molecule has 0 radical (unpaired) electrons. The quantitative estimate of drug-likeness (QED) is 0.911. The second-order valence-electron chi connectivity index (χ2n) is 5.13. The molecule has 2 aromatic rings. The van der Waals surface area contributed by atoms with Crippen LogP contribution < -0.4 is 4.74 Å². The molecule has 5 heteroatoms. The Morgan fingerprint density at radius 1 is 1.50 bits per heavy atom. The molecule has 0 saturated heterocycles. The summed E-state index contributed by atoms with van der Waals surface area (Å²) in [6, 6.07) is 6.31. The van der Waals surface area contributed by atoms with Gasteiger partial charge >= 0.3 is 0 Å². The van der Waals surface area contributed by atoms with Crippen molar-refractivity contribution >= 4 is 15.9 Å². The molecule has 106 valence electrons. The molecule has 1 heterocycles. The molecule has 20 heavy (non-hydrogen) atoms. The maximum absolute atomic E-state index is 10.5. The molecule has 0 amide bonds. The Kier molecular flexibility index (Phi) is 3.81. The Hall–Kier alpha value is -1.33. The van der Waals surface area contributed by atoms with Crippen molar-refractivity contribution in [1.82, 2.24) is 9.55 Å². The number of benzene rings is 1. The van der Waals surface area contributed by atoms with Gasteiger partial charge in [0.25, 0.3) is 0 Å². The summed E-state index contributed by atoms with van der Waals surface area (Å²) in [7, 11) is 1.64. The molecule has 1 fully saturated rings. The van der Waals surface area contributed by atoms with Crippen molar-refractivity contribution < 1.29 is 9.84 Å². The van der Waals surface area contributed by atoms with Gasteiger partial charge in [0.05, 0.1) is 31.4 Å². The van der Waals surface area contributed by atoms with Gasteiger partial charge in [-0.05, 0) is 36.6 Å². The van der Waals surface area contributed by atoms with Crippen LogP contribution in [0.1, 0.15) is 36.2 Å². The molecule has 1 atom stereocenters. The van der Waals surface area contributed by atoms with Gasteiger partial charge in [0, 0.05) is 16.9 Å². The van der Waals surface area contributed by atoms with E-state index in [1.54, 1.807) is 13.3 Å². The van der Waals surface area contributed by atoms with Gasteiger partial charge in [-0.2, -0.15) is 0 Å². The summed E-state index contributed by atoms with van der Waals surface area (Å²) in [4.78, 5) is 4.17. The maximum atomic E-state index is 10.5. The van der Waals surface area contributed by atoms with Crippen LogP contribution >= 0.6 is 15.9 Å². The van der Waals surface area contributed by atoms with Crippen LogP contribution in [0.4, 0.5) is 0 Å². The summed E-state index contributed by atoms with van der Waals surface area (Å²) in [6.07, 6.45) is 5.92. The number of aromatic nitrogens is 2. The lowest BCUT2D eigenvalue weighted by molar-refractivity contribution is 0.168. The van der Waals surface area contributed by atoms with E-state index in [1.165, 1.54) is 12.8 Å². The smallest absolute Gasteiger partial charge is 0.119 e. The van der Waals surface area contributed by atoms with Crippen molar-refractivity contribution in [2.45, 2.75) is 31.4 Å². The van der Waals surface area contributed by atoms with Crippen molar-refractivity contribution in [3.63, 3.8) is 0 Å². The molecular formula is C15H17BrN2O2. The Labute approximate surface area is 126 Å². The van der Waals surface area contributed by atoms with Crippen LogP contribution in [0.15, 0.2) is 35.2 Å². The minimum Gasteiger partial charge on any atom is -0.497 e. The zero-order chi connectivity index (χ0) is 14.1. The SMILES string of the molecule is COc1ccc(Br)c(CC(O)c2cncn2C2CC2)c1. The standard InChI is InChI=1S/C15H17BrN2O2/c1-20-12-4-5-13(16)10(6-12)7-15(19)14-8-17-9-18(14)11-2-3-11/h4-6,8-9,11,15,19H,2-3,7H2,1H3. The first-order chi connectivity index (χ1) is 9.69. The molecular weight excluding hydrogens is 320 g/mol. The molecule has 0 bridgehead atoms. The van der Waals surface area contributed by atoms with E-state index in [4.69, 9.17) is 4.74 Å². The van der Waals surface area contributed by atoms with Gasteiger partial charge in [-0.3, -0.25) is 0 Å². The average Bonchev–Trinajstić information content (AvgIpc) is 3.18. The molecule has 1 aliphatic carbocycles. The Morgan fingerprint density at radius 3 is 3.00 bits per heavy atom. The monoisotopic (exact) mass is 336 g/mol. The van der Waals surface area contributed by atoms with Gasteiger partial charge in [0.15, 0.2) is 0 Å². The van der Waals surface area contributed by atoms with Gasteiger partial charge in [-0.1, -0.05) is 15.9 Å². The second-order valence-corrected chi connectivity index (χ2v) is 5.99. The van der Waals surface area contributed by atoms with Gasteiger partial charge in [0.2, 0.25) is 0 Å². The van der Waals surface area contributed by atoms with Crippen molar-refractivity contribution in [2.75, 3.05) is 7.11 Å². The molecule has 1 aromatic carbocycles. The summed E-state index contributed by atoms with van der Waals surface area (Å²) in [6.45, 7) is 0. The number of imidazole rings is 1. The number of methoxy groups -OCH3 is 1. The lowest BCUT2D eigenvalue weighted by Crippen LogP contribution is -2.08. The van der Waals surface area contributed by atoms with Crippen molar-refractivity contribution in [3.8, 4) is 5.75 Å². The molecule has 0 spiro atoms. The minimum absolute atomic E-state index is 0.524. The summed E-state index contributed by atoms with van der Waals surface area (Å²) in [5.41, 5.74) is 1.92. The Bertz CT molecular complexity index is 608. The van der Waals surface area contributed by atoms with E-state index in [-0.39, 0.29) is 0 Å². The number of halogens is 1. The number of ether oxygens (including phenoxy) is 1. The second kappa shape index (κ2) is 5.58. The molecule has 0 aliphatic heterocycles. The number of nitrogens with zero attached hydrogens (tertiary/aromatic N) is 2. The minimum atomic E-state index is -0.554. The highest BCUT2D eigenvalue weighted by atomic mass is 79.9. The zero-order valence-corrected chi connectivity index (χ0v) is 12.9. The van der Waals surface area contributed by atoms with Gasteiger partial charge in [-0.25, -0.2) is 4.98 Å². The van der Waals surface area contributed by atoms with Crippen LogP contribution in [0.5, 0.6) is 5.75 Å². The third-order valence-electron chi connectivity index (χ3n) is 3.64. The zero-order valence-electron chi connectivity index (χ0n) is 11.3. The van der Waals surface area contributed by atoms with Crippen LogP contribution in [0, 0.1) is 0 Å². The van der Waals surface area contributed by atoms with E-state index >= 15 is 0 Å². The molecule has 1 N–H and O–H groups in total. The average molecular weight is 337 g/mol. The molecule has 3 rings (SSSR count). The number of rotatable bonds is 5. The maximum Gasteiger partial charge on any atom is 0.119 e. The predicted octanol–water partition coefficient (Wildman–Crippen LogP) is 3.27. The molecule has 1 aromatic heterocycles. The van der Waals surface area contributed by atoms with E-state index in [0.29, 0.717) is 12.5 Å². The normalized spacial score (nSPS) is 16.1. The third-order valence-corrected chi connectivity index (χ3v) is 4.42. The van der Waals surface area contributed by atoms with E-state index < -0.39 is 6.10 Å². The largest absolute Gasteiger partial charge is 0.497 e. The fourth-order valence-corrected chi connectivity index (χ4v) is 2.79. The molecule has 1 aliphatic rings. The fourth-order valence-electron chi connectivity index (χ4n) is 2.38. The van der Waals surface area contributed by atoms with Crippen LogP contribution in [0.2, 0.25) is 0 Å². The molecule has 4 nitrogen and oxygen atoms in total.